The van der Waals surface area contributed by atoms with Crippen LogP contribution in [0.4, 0.5) is 32.0 Å². The van der Waals surface area contributed by atoms with E-state index in [0.717, 1.165) is 11.9 Å². The van der Waals surface area contributed by atoms with Gasteiger partial charge < -0.3 is 4.90 Å². The number of hydrogen-bond donors (Lipinski definition) is 0. The summed E-state index contributed by atoms with van der Waals surface area (Å²) in [6, 6.07) is 3.27. The number of carbonyl (C=O) groups excluding carboxylic acids is 1. The van der Waals surface area contributed by atoms with Crippen LogP contribution in [0, 0.1) is 12.8 Å². The van der Waals surface area contributed by atoms with Crippen molar-refractivity contribution in [3.63, 3.8) is 0 Å². The number of aromatic nitrogens is 3. The molecule has 5 nitrogen and oxygen atoms in total. The van der Waals surface area contributed by atoms with Crippen LogP contribution in [0.3, 0.4) is 0 Å². The van der Waals surface area contributed by atoms with Crippen molar-refractivity contribution in [2.75, 3.05) is 11.9 Å². The number of rotatable bonds is 4. The highest BCUT2D eigenvalue weighted by Crippen LogP contribution is 2.41. The van der Waals surface area contributed by atoms with Gasteiger partial charge in [0.2, 0.25) is 5.91 Å². The largest absolute Gasteiger partial charge is 0.400 e. The van der Waals surface area contributed by atoms with Gasteiger partial charge >= 0.3 is 12.4 Å². The van der Waals surface area contributed by atoms with Gasteiger partial charge in [0, 0.05) is 19.7 Å². The predicted molar refractivity (Wildman–Crippen MR) is 79.7 cm³/mol. The number of anilines is 1. The lowest BCUT2D eigenvalue weighted by atomic mass is 10.0. The van der Waals surface area contributed by atoms with Crippen LogP contribution in [0.1, 0.15) is 12.1 Å². The number of halogens is 6. The smallest absolute Gasteiger partial charge is 0.312 e. The second-order valence-electron chi connectivity index (χ2n) is 5.55. The molecule has 0 radical (unpaired) electrons. The summed E-state index contributed by atoms with van der Waals surface area (Å²) in [5.41, 5.74) is 0.883. The van der Waals surface area contributed by atoms with Crippen molar-refractivity contribution in [2.24, 2.45) is 5.92 Å². The quantitative estimate of drug-likeness (QED) is 0.761. The van der Waals surface area contributed by atoms with Gasteiger partial charge in [-0.1, -0.05) is 0 Å². The first-order valence-electron chi connectivity index (χ1n) is 7.28. The molecule has 0 aliphatic carbocycles. The number of pyridine rings is 1. The highest BCUT2D eigenvalue weighted by atomic mass is 19.4. The molecule has 0 unspecified atom stereocenters. The van der Waals surface area contributed by atoms with Crippen LogP contribution < -0.4 is 4.90 Å². The maximum atomic E-state index is 12.6. The fourth-order valence-corrected chi connectivity index (χ4v) is 2.26. The molecule has 2 rings (SSSR count). The molecule has 0 fully saturated rings. The minimum Gasteiger partial charge on any atom is -0.312 e. The summed E-state index contributed by atoms with van der Waals surface area (Å²) in [6.07, 6.45) is -8.55. The summed E-state index contributed by atoms with van der Waals surface area (Å²) in [7, 11) is 1.10. The van der Waals surface area contributed by atoms with Crippen LogP contribution in [0.2, 0.25) is 0 Å². The number of amides is 1. The molecule has 0 N–H and O–H groups in total. The predicted octanol–water partition coefficient (Wildman–Crippen LogP) is 3.67. The summed E-state index contributed by atoms with van der Waals surface area (Å²) in [5, 5.41) is 4.10. The summed E-state index contributed by atoms with van der Waals surface area (Å²) < 4.78 is 77.1. The Labute approximate surface area is 144 Å². The second-order valence-corrected chi connectivity index (χ2v) is 5.55. The molecule has 2 aromatic rings. The zero-order valence-corrected chi connectivity index (χ0v) is 13.6. The van der Waals surface area contributed by atoms with Gasteiger partial charge in [0.25, 0.3) is 0 Å². The van der Waals surface area contributed by atoms with Crippen LogP contribution in [0.25, 0.3) is 5.69 Å². The molecule has 0 bridgehead atoms. The number of aryl methyl sites for hydroxylation is 1. The molecule has 26 heavy (non-hydrogen) atoms. The van der Waals surface area contributed by atoms with Crippen LogP contribution in [0.5, 0.6) is 0 Å². The first-order valence-corrected chi connectivity index (χ1v) is 7.28. The highest BCUT2D eigenvalue weighted by molar-refractivity contribution is 5.93. The van der Waals surface area contributed by atoms with Gasteiger partial charge in [0.15, 0.2) is 5.92 Å². The van der Waals surface area contributed by atoms with Gasteiger partial charge in [-0.15, -0.1) is 0 Å². The lowest BCUT2D eigenvalue weighted by Crippen LogP contribution is -2.41. The van der Waals surface area contributed by atoms with Gasteiger partial charge in [-0.25, -0.2) is 4.68 Å². The van der Waals surface area contributed by atoms with E-state index in [2.05, 4.69) is 10.1 Å². The Kier molecular flexibility index (Phi) is 5.28. The van der Waals surface area contributed by atoms with Crippen LogP contribution in [-0.2, 0) is 4.79 Å². The van der Waals surface area contributed by atoms with E-state index in [4.69, 9.17) is 0 Å². The maximum Gasteiger partial charge on any atom is 0.400 e. The van der Waals surface area contributed by atoms with E-state index in [1.165, 1.54) is 30.2 Å². The van der Waals surface area contributed by atoms with E-state index in [0.29, 0.717) is 5.69 Å². The van der Waals surface area contributed by atoms with Gasteiger partial charge in [-0.05, 0) is 19.1 Å². The summed E-state index contributed by atoms with van der Waals surface area (Å²) in [5.74, 6) is -5.04. The average molecular weight is 380 g/mol. The molecule has 0 saturated carbocycles. The summed E-state index contributed by atoms with van der Waals surface area (Å²) in [6.45, 7) is 1.48. The molecule has 0 aliphatic heterocycles. The Bertz CT molecular complexity index is 755. The molecule has 1 amide bonds. The number of nitrogens with zero attached hydrogens (tertiary/aromatic N) is 4. The van der Waals surface area contributed by atoms with Gasteiger partial charge in [-0.3, -0.25) is 9.78 Å². The Morgan fingerprint density at radius 3 is 2.35 bits per heavy atom. The molecule has 11 heteroatoms. The molecule has 2 aromatic heterocycles. The number of carbonyl (C=O) groups is 1. The minimum atomic E-state index is -5.57. The minimum absolute atomic E-state index is 0.0990. The number of hydrogen-bond acceptors (Lipinski definition) is 3. The molecule has 0 aromatic carbocycles. The Morgan fingerprint density at radius 2 is 1.85 bits per heavy atom. The first-order chi connectivity index (χ1) is 11.9. The van der Waals surface area contributed by atoms with Crippen LogP contribution in [0.15, 0.2) is 30.7 Å². The molecule has 2 heterocycles. The Balaban J connectivity index is 2.24. The average Bonchev–Trinajstić information content (AvgIpc) is 2.92. The molecule has 142 valence electrons. The van der Waals surface area contributed by atoms with Crippen molar-refractivity contribution in [2.45, 2.75) is 25.7 Å². The summed E-state index contributed by atoms with van der Waals surface area (Å²) >= 11 is 0. The van der Waals surface area contributed by atoms with Gasteiger partial charge in [-0.2, -0.15) is 31.4 Å². The van der Waals surface area contributed by atoms with Crippen molar-refractivity contribution in [3.05, 3.63) is 36.4 Å². The number of alkyl halides is 6. The zero-order valence-electron chi connectivity index (χ0n) is 13.6. The third-order valence-corrected chi connectivity index (χ3v) is 3.69. The van der Waals surface area contributed by atoms with Crippen molar-refractivity contribution < 1.29 is 31.1 Å². The van der Waals surface area contributed by atoms with Gasteiger partial charge in [0.1, 0.15) is 0 Å². The monoisotopic (exact) mass is 380 g/mol. The maximum absolute atomic E-state index is 12.6. The third-order valence-electron chi connectivity index (χ3n) is 3.69. The van der Waals surface area contributed by atoms with Gasteiger partial charge in [0.05, 0.1) is 29.5 Å². The van der Waals surface area contributed by atoms with Crippen molar-refractivity contribution in [1.29, 1.82) is 0 Å². The standard InChI is InChI=1S/C15H14F6N4O/c1-9-11(8-25(23-9)10-4-3-5-22-7-10)24(2)13(26)6-12(14(16,17)18)15(19,20)21/h3-5,7-8,12H,6H2,1-2H3. The van der Waals surface area contributed by atoms with E-state index >= 15 is 0 Å². The SMILES string of the molecule is Cc1nn(-c2cccnc2)cc1N(C)C(=O)CC(C(F)(F)F)C(F)(F)F. The molecule has 0 spiro atoms. The Morgan fingerprint density at radius 1 is 1.23 bits per heavy atom. The fraction of sp³-hybridized carbons (Fsp3) is 0.400. The van der Waals surface area contributed by atoms with Crippen molar-refractivity contribution in [1.82, 2.24) is 14.8 Å². The van der Waals surface area contributed by atoms with Crippen LogP contribution in [-0.4, -0.2) is 40.1 Å². The van der Waals surface area contributed by atoms with E-state index < -0.39 is 30.6 Å². The van der Waals surface area contributed by atoms with Crippen molar-refractivity contribution >= 4 is 11.6 Å². The zero-order chi connectivity index (χ0) is 19.7. The summed E-state index contributed by atoms with van der Waals surface area (Å²) in [4.78, 5) is 16.6. The lowest BCUT2D eigenvalue weighted by Gasteiger charge is -2.24. The van der Waals surface area contributed by atoms with E-state index in [-0.39, 0.29) is 11.4 Å². The van der Waals surface area contributed by atoms with E-state index in [1.807, 2.05) is 0 Å². The third kappa shape index (κ3) is 4.33. The van der Waals surface area contributed by atoms with E-state index in [1.54, 1.807) is 12.1 Å². The van der Waals surface area contributed by atoms with E-state index in [9.17, 15) is 31.1 Å². The lowest BCUT2D eigenvalue weighted by molar-refractivity contribution is -0.283. The highest BCUT2D eigenvalue weighted by Gasteiger charge is 2.57. The molecule has 0 atom stereocenters. The Hall–Kier alpha value is -2.59. The first kappa shape index (κ1) is 19.7. The topological polar surface area (TPSA) is 51.0 Å². The van der Waals surface area contributed by atoms with Crippen LogP contribution >= 0.6 is 0 Å². The normalized spacial score (nSPS) is 12.5. The molecular formula is C15H14F6N4O. The molecule has 0 saturated heterocycles. The molecule has 0 aliphatic rings. The fourth-order valence-electron chi connectivity index (χ4n) is 2.26. The molecular weight excluding hydrogens is 366 g/mol. The van der Waals surface area contributed by atoms with Crippen molar-refractivity contribution in [3.8, 4) is 5.69 Å². The second kappa shape index (κ2) is 6.96.